The average molecular weight is 313 g/mol. The third kappa shape index (κ3) is 5.38. The molecule has 3 unspecified atom stereocenters. The van der Waals surface area contributed by atoms with E-state index in [4.69, 9.17) is 4.74 Å². The van der Waals surface area contributed by atoms with Gasteiger partial charge in [0, 0.05) is 11.3 Å². The molecule has 1 fully saturated rings. The van der Waals surface area contributed by atoms with Gasteiger partial charge in [0.25, 0.3) is 0 Å². The quantitative estimate of drug-likeness (QED) is 0.604. The molecule has 21 heavy (non-hydrogen) atoms. The zero-order chi connectivity index (χ0) is 16.0. The fourth-order valence-electron chi connectivity index (χ4n) is 2.19. The number of ether oxygens (including phenoxy) is 1. The highest BCUT2D eigenvalue weighted by Gasteiger charge is 2.40. The second-order valence-corrected chi connectivity index (χ2v) is 7.18. The molecule has 1 heterocycles. The lowest BCUT2D eigenvalue weighted by molar-refractivity contribution is -0.148. The Morgan fingerprint density at radius 1 is 1.38 bits per heavy atom. The van der Waals surface area contributed by atoms with Gasteiger partial charge in [-0.1, -0.05) is 26.3 Å². The van der Waals surface area contributed by atoms with E-state index in [1.807, 2.05) is 6.92 Å². The van der Waals surface area contributed by atoms with Crippen LogP contribution in [-0.4, -0.2) is 29.1 Å². The van der Waals surface area contributed by atoms with Gasteiger partial charge in [-0.15, -0.1) is 11.8 Å². The summed E-state index contributed by atoms with van der Waals surface area (Å²) in [7, 11) is 0. The fourth-order valence-corrected chi connectivity index (χ4v) is 3.71. The first-order chi connectivity index (χ1) is 9.88. The monoisotopic (exact) mass is 313 g/mol. The first kappa shape index (κ1) is 18.1. The van der Waals surface area contributed by atoms with Crippen molar-refractivity contribution in [3.63, 3.8) is 0 Å². The number of hydrogen-bond acceptors (Lipinski definition) is 4. The van der Waals surface area contributed by atoms with Crippen LogP contribution >= 0.6 is 11.8 Å². The van der Waals surface area contributed by atoms with E-state index in [1.54, 1.807) is 24.8 Å². The second-order valence-electron chi connectivity index (χ2n) is 5.73. The Labute approximate surface area is 132 Å². The number of allylic oxidation sites excluding steroid dienone is 1. The normalized spacial score (nSPS) is 26.0. The number of amides is 1. The predicted molar refractivity (Wildman–Crippen MR) is 86.9 cm³/mol. The molecule has 4 nitrogen and oxygen atoms in total. The largest absolute Gasteiger partial charge is 0.466 e. The minimum absolute atomic E-state index is 0.121. The molecule has 3 atom stereocenters. The maximum absolute atomic E-state index is 12.1. The lowest BCUT2D eigenvalue weighted by Gasteiger charge is -2.18. The molecular formula is C16H27NO3S. The molecule has 120 valence electrons. The molecule has 0 aromatic carbocycles. The summed E-state index contributed by atoms with van der Waals surface area (Å²) in [5, 5.41) is 3.19. The van der Waals surface area contributed by atoms with E-state index < -0.39 is 0 Å². The van der Waals surface area contributed by atoms with Gasteiger partial charge in [0.15, 0.2) is 0 Å². The van der Waals surface area contributed by atoms with Crippen molar-refractivity contribution in [1.29, 1.82) is 0 Å². The Hall–Kier alpha value is -0.970. The number of carbonyl (C=O) groups excluding carboxylic acids is 2. The van der Waals surface area contributed by atoms with Crippen LogP contribution in [0.1, 0.15) is 47.5 Å². The topological polar surface area (TPSA) is 55.4 Å². The molecule has 0 bridgehead atoms. The van der Waals surface area contributed by atoms with Crippen molar-refractivity contribution in [2.24, 2.45) is 11.8 Å². The first-order valence-corrected chi connectivity index (χ1v) is 8.64. The summed E-state index contributed by atoms with van der Waals surface area (Å²) in [6, 6.07) is 0. The number of esters is 1. The smallest absolute Gasteiger partial charge is 0.311 e. The Balaban J connectivity index is 2.71. The van der Waals surface area contributed by atoms with Gasteiger partial charge in [-0.3, -0.25) is 9.59 Å². The van der Waals surface area contributed by atoms with Crippen LogP contribution in [0.5, 0.6) is 0 Å². The van der Waals surface area contributed by atoms with Gasteiger partial charge in [-0.05, 0) is 32.6 Å². The van der Waals surface area contributed by atoms with E-state index in [0.717, 1.165) is 18.4 Å². The van der Waals surface area contributed by atoms with Gasteiger partial charge in [-0.25, -0.2) is 0 Å². The van der Waals surface area contributed by atoms with E-state index in [0.29, 0.717) is 17.8 Å². The maximum atomic E-state index is 12.1. The summed E-state index contributed by atoms with van der Waals surface area (Å²) in [6.45, 7) is 10.3. The van der Waals surface area contributed by atoms with Gasteiger partial charge in [0.1, 0.15) is 0 Å². The molecule has 0 spiro atoms. The SMILES string of the molecule is CCOC(=O)C1CC(CC)SC1NC(=O)/C=C(\C)C(C)C. The van der Waals surface area contributed by atoms with Gasteiger partial charge >= 0.3 is 5.97 Å². The van der Waals surface area contributed by atoms with Crippen molar-refractivity contribution in [2.45, 2.75) is 58.1 Å². The zero-order valence-electron chi connectivity index (χ0n) is 13.6. The summed E-state index contributed by atoms with van der Waals surface area (Å²) in [5.74, 6) is -0.214. The van der Waals surface area contributed by atoms with E-state index in [1.165, 1.54) is 0 Å². The van der Waals surface area contributed by atoms with E-state index in [2.05, 4.69) is 26.1 Å². The molecule has 1 rings (SSSR count). The summed E-state index contributed by atoms with van der Waals surface area (Å²) in [4.78, 5) is 24.1. The average Bonchev–Trinajstić information content (AvgIpc) is 2.81. The molecule has 1 N–H and O–H groups in total. The molecule has 1 saturated heterocycles. The minimum Gasteiger partial charge on any atom is -0.466 e. The number of hydrogen-bond donors (Lipinski definition) is 1. The van der Waals surface area contributed by atoms with Crippen LogP contribution in [0.25, 0.3) is 0 Å². The number of thioether (sulfide) groups is 1. The lowest BCUT2D eigenvalue weighted by Crippen LogP contribution is -2.38. The fraction of sp³-hybridized carbons (Fsp3) is 0.750. The highest BCUT2D eigenvalue weighted by Crippen LogP contribution is 2.39. The Bertz CT molecular complexity index is 406. The third-order valence-electron chi connectivity index (χ3n) is 3.82. The first-order valence-electron chi connectivity index (χ1n) is 7.69. The van der Waals surface area contributed by atoms with Crippen molar-refractivity contribution in [3.8, 4) is 0 Å². The van der Waals surface area contributed by atoms with Crippen LogP contribution in [0.15, 0.2) is 11.6 Å². The molecule has 5 heteroatoms. The van der Waals surface area contributed by atoms with Crippen LogP contribution in [0.4, 0.5) is 0 Å². The molecule has 1 amide bonds. The second kappa shape index (κ2) is 8.47. The Kier molecular flexibility index (Phi) is 7.29. The maximum Gasteiger partial charge on any atom is 0.311 e. The van der Waals surface area contributed by atoms with Gasteiger partial charge < -0.3 is 10.1 Å². The molecule has 0 radical (unpaired) electrons. The Morgan fingerprint density at radius 2 is 2.05 bits per heavy atom. The van der Waals surface area contributed by atoms with Crippen molar-refractivity contribution < 1.29 is 14.3 Å². The molecule has 1 aliphatic rings. The van der Waals surface area contributed by atoms with E-state index >= 15 is 0 Å². The number of carbonyl (C=O) groups is 2. The standard InChI is InChI=1S/C16H27NO3S/c1-6-12-9-13(16(19)20-7-2)15(21-12)17-14(18)8-11(5)10(3)4/h8,10,12-13,15H,6-7,9H2,1-5H3,(H,17,18)/b11-8+. The Morgan fingerprint density at radius 3 is 2.57 bits per heavy atom. The summed E-state index contributed by atoms with van der Waals surface area (Å²) >= 11 is 1.67. The molecular weight excluding hydrogens is 286 g/mol. The van der Waals surface area contributed by atoms with Crippen molar-refractivity contribution in [3.05, 3.63) is 11.6 Å². The van der Waals surface area contributed by atoms with Crippen LogP contribution < -0.4 is 5.32 Å². The van der Waals surface area contributed by atoms with Gasteiger partial charge in [-0.2, -0.15) is 0 Å². The van der Waals surface area contributed by atoms with Crippen LogP contribution in [0, 0.1) is 11.8 Å². The van der Waals surface area contributed by atoms with Crippen molar-refractivity contribution in [2.75, 3.05) is 6.61 Å². The van der Waals surface area contributed by atoms with E-state index in [-0.39, 0.29) is 23.2 Å². The zero-order valence-corrected chi connectivity index (χ0v) is 14.5. The van der Waals surface area contributed by atoms with Crippen molar-refractivity contribution >= 4 is 23.6 Å². The molecule has 1 aliphatic heterocycles. The third-order valence-corrected chi connectivity index (χ3v) is 5.47. The molecule has 0 aromatic rings. The highest BCUT2D eigenvalue weighted by molar-refractivity contribution is 8.00. The van der Waals surface area contributed by atoms with Crippen LogP contribution in [0.3, 0.4) is 0 Å². The van der Waals surface area contributed by atoms with Crippen molar-refractivity contribution in [1.82, 2.24) is 5.32 Å². The molecule has 0 saturated carbocycles. The van der Waals surface area contributed by atoms with Gasteiger partial charge in [0.2, 0.25) is 5.91 Å². The van der Waals surface area contributed by atoms with E-state index in [9.17, 15) is 9.59 Å². The summed E-state index contributed by atoms with van der Waals surface area (Å²) in [5.41, 5.74) is 1.04. The molecule has 0 aromatic heterocycles. The lowest BCUT2D eigenvalue weighted by atomic mass is 10.0. The number of nitrogens with one attached hydrogen (secondary N) is 1. The summed E-state index contributed by atoms with van der Waals surface area (Å²) in [6.07, 6.45) is 3.40. The summed E-state index contributed by atoms with van der Waals surface area (Å²) < 4.78 is 5.13. The van der Waals surface area contributed by atoms with Crippen LogP contribution in [0.2, 0.25) is 0 Å². The number of rotatable bonds is 6. The highest BCUT2D eigenvalue weighted by atomic mass is 32.2. The molecule has 0 aliphatic carbocycles. The minimum atomic E-state index is -0.239. The van der Waals surface area contributed by atoms with Crippen LogP contribution in [-0.2, 0) is 14.3 Å². The van der Waals surface area contributed by atoms with Gasteiger partial charge in [0.05, 0.1) is 17.9 Å². The predicted octanol–water partition coefficient (Wildman–Crippen LogP) is 3.13.